The molecule has 1 aliphatic heterocycles. The maximum atomic E-state index is 13.1. The smallest absolute Gasteiger partial charge is 0.434 e. The fourth-order valence-electron chi connectivity index (χ4n) is 4.77. The molecule has 1 heterocycles. The number of amides is 1. The van der Waals surface area contributed by atoms with E-state index in [0.717, 1.165) is 61.7 Å². The normalized spacial score (nSPS) is 13.3. The lowest BCUT2D eigenvalue weighted by molar-refractivity contribution is -0.145. The Hall–Kier alpha value is -4.10. The number of methoxy groups -OCH3 is 1. The summed E-state index contributed by atoms with van der Waals surface area (Å²) in [6.45, 7) is 5.31. The predicted octanol–water partition coefficient (Wildman–Crippen LogP) is 5.65. The maximum absolute atomic E-state index is 13.1. The third kappa shape index (κ3) is 9.50. The number of anilines is 1. The average molecular weight is 558 g/mol. The molecule has 1 fully saturated rings. The number of hydrogen-bond donors (Lipinski definition) is 0. The van der Waals surface area contributed by atoms with E-state index in [0.29, 0.717) is 19.4 Å². The number of carbonyl (C=O) groups excluding carboxylic acids is 2. The van der Waals surface area contributed by atoms with Crippen molar-refractivity contribution < 1.29 is 23.9 Å². The summed E-state index contributed by atoms with van der Waals surface area (Å²) >= 11 is 0. The molecule has 0 radical (unpaired) electrons. The number of benzene rings is 3. The Morgan fingerprint density at radius 2 is 1.61 bits per heavy atom. The van der Waals surface area contributed by atoms with E-state index in [-0.39, 0.29) is 13.2 Å². The van der Waals surface area contributed by atoms with Crippen LogP contribution in [-0.4, -0.2) is 61.9 Å². The Kier molecular flexibility index (Phi) is 11.8. The first-order chi connectivity index (χ1) is 20.2. The van der Waals surface area contributed by atoms with E-state index >= 15 is 0 Å². The zero-order chi connectivity index (χ0) is 28.7. The van der Waals surface area contributed by atoms with Gasteiger partial charge in [-0.05, 0) is 54.2 Å². The van der Waals surface area contributed by atoms with Gasteiger partial charge in [0.05, 0.1) is 25.9 Å². The molecule has 3 aromatic carbocycles. The van der Waals surface area contributed by atoms with Crippen LogP contribution >= 0.6 is 0 Å². The lowest BCUT2D eigenvalue weighted by Gasteiger charge is -2.37. The quantitative estimate of drug-likeness (QED) is 0.144. The van der Waals surface area contributed by atoms with Crippen LogP contribution in [0.15, 0.2) is 84.9 Å². The second-order valence-corrected chi connectivity index (χ2v) is 9.98. The van der Waals surface area contributed by atoms with E-state index in [9.17, 15) is 9.59 Å². The molecule has 0 N–H and O–H groups in total. The summed E-state index contributed by atoms with van der Waals surface area (Å²) in [5, 5.41) is 1.28. The zero-order valence-corrected chi connectivity index (χ0v) is 23.7. The highest BCUT2D eigenvalue weighted by Gasteiger charge is 2.22. The first-order valence-corrected chi connectivity index (χ1v) is 14.1. The summed E-state index contributed by atoms with van der Waals surface area (Å²) in [5.41, 5.74) is 4.13. The maximum Gasteiger partial charge on any atom is 0.434 e. The van der Waals surface area contributed by atoms with Gasteiger partial charge in [-0.3, -0.25) is 9.74 Å². The minimum absolute atomic E-state index is 0.158. The minimum atomic E-state index is -0.548. The predicted molar refractivity (Wildman–Crippen MR) is 159 cm³/mol. The summed E-state index contributed by atoms with van der Waals surface area (Å²) in [7, 11) is 1.68. The van der Waals surface area contributed by atoms with Crippen molar-refractivity contribution in [2.75, 3.05) is 44.8 Å². The van der Waals surface area contributed by atoms with Crippen molar-refractivity contribution in [3.8, 4) is 5.75 Å². The number of allylic oxidation sites excluding steroid dienone is 1. The van der Waals surface area contributed by atoms with Gasteiger partial charge in [-0.2, -0.15) is 5.06 Å². The number of piperazine rings is 1. The van der Waals surface area contributed by atoms with Gasteiger partial charge in [0.25, 0.3) is 0 Å². The molecule has 1 amide bonds. The number of rotatable bonds is 14. The van der Waals surface area contributed by atoms with Crippen LogP contribution in [0.25, 0.3) is 0 Å². The number of ether oxygens (including phenoxy) is 2. The Morgan fingerprint density at radius 1 is 0.902 bits per heavy atom. The summed E-state index contributed by atoms with van der Waals surface area (Å²) in [6.07, 6.45) is 3.01. The average Bonchev–Trinajstić information content (AvgIpc) is 3.02. The van der Waals surface area contributed by atoms with Crippen molar-refractivity contribution >= 4 is 17.7 Å². The molecule has 1 aliphatic rings. The standard InChI is InChI=1S/C33H39N3O5/c1-39-32-17-16-30(24-31(32)35-20-18-34(19-21-35)25-28-12-6-4-7-13-28)26-36(41-23-11-3-2-10-22-37)33(38)40-27-29-14-8-5-9-15-29/h4-10,12-17,24H,2-3,11,18-21,23,25-27H2,1H3. The van der Waals surface area contributed by atoms with Gasteiger partial charge < -0.3 is 14.4 Å². The highest BCUT2D eigenvalue weighted by Crippen LogP contribution is 2.31. The molecule has 4 rings (SSSR count). The van der Waals surface area contributed by atoms with Crippen LogP contribution in [0.5, 0.6) is 5.75 Å². The Balaban J connectivity index is 1.40. The molecule has 0 bridgehead atoms. The van der Waals surface area contributed by atoms with Crippen LogP contribution in [0.1, 0.15) is 36.0 Å². The molecular weight excluding hydrogens is 518 g/mol. The SMILES string of the molecule is COc1ccc(CN(OCCCCC=C=O)C(=O)OCc2ccccc2)cc1N1CCN(Cc2ccccc2)CC1. The highest BCUT2D eigenvalue weighted by atomic mass is 16.7. The highest BCUT2D eigenvalue weighted by molar-refractivity contribution is 5.67. The van der Waals surface area contributed by atoms with Crippen LogP contribution in [0.3, 0.4) is 0 Å². The van der Waals surface area contributed by atoms with Crippen molar-refractivity contribution in [3.63, 3.8) is 0 Å². The van der Waals surface area contributed by atoms with Gasteiger partial charge in [-0.15, -0.1) is 0 Å². The van der Waals surface area contributed by atoms with E-state index in [4.69, 9.17) is 14.3 Å². The molecule has 8 heteroatoms. The van der Waals surface area contributed by atoms with Crippen molar-refractivity contribution in [2.24, 2.45) is 0 Å². The molecule has 3 aromatic rings. The van der Waals surface area contributed by atoms with Crippen molar-refractivity contribution in [2.45, 2.75) is 39.0 Å². The molecule has 1 saturated heterocycles. The van der Waals surface area contributed by atoms with Gasteiger partial charge in [0, 0.05) is 32.7 Å². The summed E-state index contributed by atoms with van der Waals surface area (Å²) in [5.74, 6) is 2.59. The molecule has 8 nitrogen and oxygen atoms in total. The van der Waals surface area contributed by atoms with Gasteiger partial charge in [0.15, 0.2) is 0 Å². The van der Waals surface area contributed by atoms with Gasteiger partial charge >= 0.3 is 6.09 Å². The van der Waals surface area contributed by atoms with E-state index in [2.05, 4.69) is 40.1 Å². The van der Waals surface area contributed by atoms with Crippen LogP contribution in [-0.2, 0) is 34.1 Å². The largest absolute Gasteiger partial charge is 0.495 e. The second kappa shape index (κ2) is 16.2. The molecule has 41 heavy (non-hydrogen) atoms. The lowest BCUT2D eigenvalue weighted by Crippen LogP contribution is -2.46. The van der Waals surface area contributed by atoms with Crippen LogP contribution in [0, 0.1) is 0 Å². The molecule has 0 saturated carbocycles. The number of nitrogens with zero attached hydrogens (tertiary/aromatic N) is 3. The number of hydroxylamine groups is 2. The summed E-state index contributed by atoms with van der Waals surface area (Å²) in [6, 6.07) is 26.1. The first-order valence-electron chi connectivity index (χ1n) is 14.1. The monoisotopic (exact) mass is 557 g/mol. The number of unbranched alkanes of at least 4 members (excludes halogenated alkanes) is 2. The lowest BCUT2D eigenvalue weighted by atomic mass is 10.1. The van der Waals surface area contributed by atoms with Crippen LogP contribution < -0.4 is 9.64 Å². The topological polar surface area (TPSA) is 71.5 Å². The van der Waals surface area contributed by atoms with Crippen LogP contribution in [0.2, 0.25) is 0 Å². The summed E-state index contributed by atoms with van der Waals surface area (Å²) < 4.78 is 11.3. The molecule has 0 atom stereocenters. The van der Waals surface area contributed by atoms with Crippen molar-refractivity contribution in [3.05, 3.63) is 102 Å². The Bertz CT molecular complexity index is 1260. The van der Waals surface area contributed by atoms with Crippen molar-refractivity contribution in [1.82, 2.24) is 9.96 Å². The first kappa shape index (κ1) is 29.9. The second-order valence-electron chi connectivity index (χ2n) is 9.98. The minimum Gasteiger partial charge on any atom is -0.495 e. The van der Waals surface area contributed by atoms with E-state index < -0.39 is 6.09 Å². The molecule has 0 aromatic heterocycles. The zero-order valence-electron chi connectivity index (χ0n) is 23.7. The van der Waals surface area contributed by atoms with E-state index in [1.807, 2.05) is 48.5 Å². The molecule has 216 valence electrons. The molecule has 0 spiro atoms. The van der Waals surface area contributed by atoms with Gasteiger partial charge in [0.1, 0.15) is 18.3 Å². The van der Waals surface area contributed by atoms with Gasteiger partial charge in [-0.1, -0.05) is 66.7 Å². The fourth-order valence-corrected chi connectivity index (χ4v) is 4.77. The molecule has 0 unspecified atom stereocenters. The molecular formula is C33H39N3O5. The van der Waals surface area contributed by atoms with E-state index in [1.165, 1.54) is 16.7 Å². The van der Waals surface area contributed by atoms with Gasteiger partial charge in [-0.25, -0.2) is 9.59 Å². The van der Waals surface area contributed by atoms with Crippen molar-refractivity contribution in [1.29, 1.82) is 0 Å². The van der Waals surface area contributed by atoms with E-state index in [1.54, 1.807) is 13.1 Å². The fraction of sp³-hybridized carbons (Fsp3) is 0.364. The van der Waals surface area contributed by atoms with Gasteiger partial charge in [0.2, 0.25) is 0 Å². The number of carbonyl (C=O) groups is 1. The third-order valence-corrected chi connectivity index (χ3v) is 7.01. The summed E-state index contributed by atoms with van der Waals surface area (Å²) in [4.78, 5) is 34.2. The Labute approximate surface area is 242 Å². The van der Waals surface area contributed by atoms with Crippen LogP contribution in [0.4, 0.5) is 10.5 Å². The third-order valence-electron chi connectivity index (χ3n) is 7.01. The molecule has 0 aliphatic carbocycles. The Morgan fingerprint density at radius 3 is 2.29 bits per heavy atom. The number of hydrogen-bond acceptors (Lipinski definition) is 7.